The van der Waals surface area contributed by atoms with E-state index in [9.17, 15) is 4.79 Å². The van der Waals surface area contributed by atoms with E-state index in [4.69, 9.17) is 9.84 Å². The van der Waals surface area contributed by atoms with Gasteiger partial charge in [-0.1, -0.05) is 12.1 Å². The molecule has 1 rings (SSSR count). The Bertz CT molecular complexity index is 371. The van der Waals surface area contributed by atoms with Gasteiger partial charge in [0.25, 0.3) is 0 Å². The topological polar surface area (TPSA) is 55.8 Å². The second-order valence-electron chi connectivity index (χ2n) is 2.80. The minimum absolute atomic E-state index is 0.279. The third kappa shape index (κ3) is 2.74. The Labute approximate surface area is 87.7 Å². The molecule has 0 bridgehead atoms. The molecule has 4 nitrogen and oxygen atoms in total. The van der Waals surface area contributed by atoms with E-state index in [2.05, 4.69) is 11.3 Å². The van der Waals surface area contributed by atoms with Gasteiger partial charge in [0.1, 0.15) is 11.5 Å². The maximum Gasteiger partial charge on any atom is 0.511 e. The number of carbonyl (C=O) groups is 1. The summed E-state index contributed by atoms with van der Waals surface area (Å²) in [6.07, 6.45) is 0.813. The van der Waals surface area contributed by atoms with Crippen LogP contribution in [0.15, 0.2) is 30.9 Å². The van der Waals surface area contributed by atoms with E-state index in [1.165, 1.54) is 7.11 Å². The molecule has 0 unspecified atom stereocenters. The molecule has 15 heavy (non-hydrogen) atoms. The van der Waals surface area contributed by atoms with Crippen LogP contribution in [0, 0.1) is 0 Å². The zero-order chi connectivity index (χ0) is 11.3. The third-order valence-corrected chi connectivity index (χ3v) is 1.86. The van der Waals surface area contributed by atoms with E-state index >= 15 is 0 Å². The Morgan fingerprint density at radius 2 is 2.20 bits per heavy atom. The predicted molar refractivity (Wildman–Crippen MR) is 55.5 cm³/mol. The largest absolute Gasteiger partial charge is 0.511 e. The van der Waals surface area contributed by atoms with Crippen LogP contribution in [0.3, 0.4) is 0 Å². The summed E-state index contributed by atoms with van der Waals surface area (Å²) < 4.78 is 9.73. The van der Waals surface area contributed by atoms with Crippen molar-refractivity contribution in [2.24, 2.45) is 0 Å². The summed E-state index contributed by atoms with van der Waals surface area (Å²) in [6, 6.07) is 4.99. The monoisotopic (exact) mass is 208 g/mol. The van der Waals surface area contributed by atoms with Crippen molar-refractivity contribution in [2.45, 2.75) is 6.42 Å². The van der Waals surface area contributed by atoms with Crippen LogP contribution < -0.4 is 9.47 Å². The van der Waals surface area contributed by atoms with Gasteiger partial charge in [0.05, 0.1) is 7.11 Å². The van der Waals surface area contributed by atoms with Crippen molar-refractivity contribution in [3.05, 3.63) is 36.4 Å². The van der Waals surface area contributed by atoms with Crippen molar-refractivity contribution in [3.8, 4) is 11.5 Å². The number of allylic oxidation sites excluding steroid dienone is 1. The van der Waals surface area contributed by atoms with Crippen LogP contribution in [0.5, 0.6) is 11.5 Å². The molecular formula is C11H12O4. The fourth-order valence-electron chi connectivity index (χ4n) is 1.27. The smallest absolute Gasteiger partial charge is 0.496 e. The van der Waals surface area contributed by atoms with Gasteiger partial charge in [0.2, 0.25) is 0 Å². The summed E-state index contributed by atoms with van der Waals surface area (Å²) in [6.45, 7) is 3.59. The van der Waals surface area contributed by atoms with Crippen molar-refractivity contribution in [1.82, 2.24) is 0 Å². The molecule has 1 aromatic rings. The van der Waals surface area contributed by atoms with Gasteiger partial charge in [0.15, 0.2) is 0 Å². The highest BCUT2D eigenvalue weighted by Crippen LogP contribution is 2.29. The Kier molecular flexibility index (Phi) is 3.74. The summed E-state index contributed by atoms with van der Waals surface area (Å²) in [5, 5.41) is 8.53. The van der Waals surface area contributed by atoms with Gasteiger partial charge >= 0.3 is 6.16 Å². The minimum atomic E-state index is -1.34. The molecule has 0 heterocycles. The molecule has 0 saturated heterocycles. The molecule has 0 spiro atoms. The zero-order valence-corrected chi connectivity index (χ0v) is 8.40. The van der Waals surface area contributed by atoms with Gasteiger partial charge < -0.3 is 14.6 Å². The lowest BCUT2D eigenvalue weighted by molar-refractivity contribution is 0.144. The van der Waals surface area contributed by atoms with Gasteiger partial charge in [-0.05, 0) is 18.6 Å². The highest BCUT2D eigenvalue weighted by atomic mass is 16.7. The van der Waals surface area contributed by atoms with Crippen molar-refractivity contribution in [2.75, 3.05) is 7.11 Å². The van der Waals surface area contributed by atoms with Gasteiger partial charge in [0, 0.05) is 5.56 Å². The number of rotatable bonds is 4. The predicted octanol–water partition coefficient (Wildman–Crippen LogP) is 2.48. The van der Waals surface area contributed by atoms with Gasteiger partial charge in [-0.2, -0.15) is 0 Å². The standard InChI is InChI=1S/C11H12O4/c1-3-5-8-9(14-2)6-4-7-10(8)15-11(12)13/h3-4,6-7H,1,5H2,2H3,(H,12,13). The quantitative estimate of drug-likeness (QED) is 0.469. The van der Waals surface area contributed by atoms with Crippen LogP contribution in [0.2, 0.25) is 0 Å². The lowest BCUT2D eigenvalue weighted by atomic mass is 10.1. The second kappa shape index (κ2) is 5.05. The van der Waals surface area contributed by atoms with Crippen molar-refractivity contribution in [3.63, 3.8) is 0 Å². The van der Waals surface area contributed by atoms with Crippen LogP contribution >= 0.6 is 0 Å². The summed E-state index contributed by atoms with van der Waals surface area (Å²) >= 11 is 0. The average Bonchev–Trinajstić information content (AvgIpc) is 2.20. The molecular weight excluding hydrogens is 196 g/mol. The van der Waals surface area contributed by atoms with Gasteiger partial charge in [-0.15, -0.1) is 6.58 Å². The van der Waals surface area contributed by atoms with Crippen LogP contribution in [-0.4, -0.2) is 18.4 Å². The molecule has 0 aliphatic carbocycles. The van der Waals surface area contributed by atoms with Crippen LogP contribution in [0.1, 0.15) is 5.56 Å². The molecule has 0 saturated carbocycles. The first kappa shape index (κ1) is 11.1. The molecule has 1 aromatic carbocycles. The number of hydrogen-bond acceptors (Lipinski definition) is 3. The molecule has 0 amide bonds. The van der Waals surface area contributed by atoms with Gasteiger partial charge in [-0.25, -0.2) is 4.79 Å². The summed E-state index contributed by atoms with van der Waals surface area (Å²) in [4.78, 5) is 10.4. The van der Waals surface area contributed by atoms with Crippen LogP contribution in [0.4, 0.5) is 4.79 Å². The van der Waals surface area contributed by atoms with E-state index < -0.39 is 6.16 Å². The molecule has 0 radical (unpaired) electrons. The van der Waals surface area contributed by atoms with Crippen LogP contribution in [0.25, 0.3) is 0 Å². The third-order valence-electron chi connectivity index (χ3n) is 1.86. The van der Waals surface area contributed by atoms with E-state index in [1.54, 1.807) is 24.3 Å². The first-order valence-corrected chi connectivity index (χ1v) is 4.36. The van der Waals surface area contributed by atoms with E-state index in [0.29, 0.717) is 17.7 Å². The number of benzene rings is 1. The van der Waals surface area contributed by atoms with E-state index in [1.807, 2.05) is 0 Å². The Morgan fingerprint density at radius 1 is 1.53 bits per heavy atom. The van der Waals surface area contributed by atoms with Crippen molar-refractivity contribution < 1.29 is 19.4 Å². The normalized spacial score (nSPS) is 9.40. The molecule has 0 aliphatic heterocycles. The SMILES string of the molecule is C=CCc1c(OC)cccc1OC(=O)O. The molecule has 0 atom stereocenters. The Morgan fingerprint density at radius 3 is 2.73 bits per heavy atom. The van der Waals surface area contributed by atoms with E-state index in [0.717, 1.165) is 0 Å². The molecule has 0 fully saturated rings. The summed E-state index contributed by atoms with van der Waals surface area (Å²) in [5.74, 6) is 0.871. The number of hydrogen-bond donors (Lipinski definition) is 1. The zero-order valence-electron chi connectivity index (χ0n) is 8.40. The first-order valence-electron chi connectivity index (χ1n) is 4.36. The molecule has 1 N–H and O–H groups in total. The second-order valence-corrected chi connectivity index (χ2v) is 2.80. The number of methoxy groups -OCH3 is 1. The van der Waals surface area contributed by atoms with Crippen molar-refractivity contribution in [1.29, 1.82) is 0 Å². The summed E-state index contributed by atoms with van der Waals surface area (Å²) in [5.41, 5.74) is 0.678. The highest BCUT2D eigenvalue weighted by Gasteiger charge is 2.11. The van der Waals surface area contributed by atoms with Gasteiger partial charge in [-0.3, -0.25) is 0 Å². The molecule has 4 heteroatoms. The maximum absolute atomic E-state index is 10.4. The highest BCUT2D eigenvalue weighted by molar-refractivity contribution is 5.63. The summed E-state index contributed by atoms with van der Waals surface area (Å²) in [7, 11) is 1.52. The Balaban J connectivity index is 3.11. The van der Waals surface area contributed by atoms with Crippen LogP contribution in [-0.2, 0) is 6.42 Å². The fraction of sp³-hybridized carbons (Fsp3) is 0.182. The Hall–Kier alpha value is -1.97. The lowest BCUT2D eigenvalue weighted by Gasteiger charge is -2.10. The van der Waals surface area contributed by atoms with Crippen molar-refractivity contribution >= 4 is 6.16 Å². The maximum atomic E-state index is 10.4. The number of carboxylic acid groups (broad SMARTS) is 1. The average molecular weight is 208 g/mol. The first-order chi connectivity index (χ1) is 7.19. The molecule has 80 valence electrons. The number of ether oxygens (including phenoxy) is 2. The fourth-order valence-corrected chi connectivity index (χ4v) is 1.27. The molecule has 0 aromatic heterocycles. The minimum Gasteiger partial charge on any atom is -0.496 e. The lowest BCUT2D eigenvalue weighted by Crippen LogP contribution is -2.06. The van der Waals surface area contributed by atoms with E-state index in [-0.39, 0.29) is 5.75 Å². The molecule has 0 aliphatic rings.